The average molecular weight is 325 g/mol. The van der Waals surface area contributed by atoms with Gasteiger partial charge in [0.05, 0.1) is 11.8 Å². The number of fused-ring (bicyclic) bond motifs is 1. The van der Waals surface area contributed by atoms with Gasteiger partial charge in [0.1, 0.15) is 10.7 Å². The van der Waals surface area contributed by atoms with Gasteiger partial charge >= 0.3 is 0 Å². The second-order valence-corrected chi connectivity index (χ2v) is 6.29. The van der Waals surface area contributed by atoms with E-state index in [9.17, 15) is 4.79 Å². The van der Waals surface area contributed by atoms with Gasteiger partial charge in [-0.3, -0.25) is 9.20 Å². The minimum atomic E-state index is -0.258. The van der Waals surface area contributed by atoms with Crippen LogP contribution in [0, 0.1) is 13.8 Å². The van der Waals surface area contributed by atoms with E-state index in [1.807, 2.05) is 44.2 Å². The molecular weight excluding hydrogens is 310 g/mol. The highest BCUT2D eigenvalue weighted by Crippen LogP contribution is 2.27. The number of hydrogen-bond acceptors (Lipinski definition) is 5. The molecule has 5 nitrogen and oxygen atoms in total. The van der Waals surface area contributed by atoms with Crippen molar-refractivity contribution in [1.82, 2.24) is 9.38 Å². The van der Waals surface area contributed by atoms with Crippen molar-refractivity contribution < 1.29 is 5.21 Å². The van der Waals surface area contributed by atoms with Crippen LogP contribution in [0.3, 0.4) is 0 Å². The molecule has 0 atom stereocenters. The summed E-state index contributed by atoms with van der Waals surface area (Å²) >= 11 is 1.37. The molecule has 3 rings (SSSR count). The van der Waals surface area contributed by atoms with Crippen molar-refractivity contribution in [3.8, 4) is 0 Å². The predicted octanol–water partition coefficient (Wildman–Crippen LogP) is 3.27. The normalized spacial score (nSPS) is 11.4. The molecule has 0 amide bonds. The molecule has 0 bridgehead atoms. The molecule has 0 saturated heterocycles. The second kappa shape index (κ2) is 6.26. The Balaban J connectivity index is 2.18. The molecule has 1 aromatic carbocycles. The summed E-state index contributed by atoms with van der Waals surface area (Å²) in [6, 6.07) is 11.6. The van der Waals surface area contributed by atoms with E-state index in [1.54, 1.807) is 12.3 Å². The highest BCUT2D eigenvalue weighted by molar-refractivity contribution is 7.99. The molecular formula is C17H15N3O2S. The molecule has 23 heavy (non-hydrogen) atoms. The number of rotatable bonds is 3. The van der Waals surface area contributed by atoms with Crippen LogP contribution in [-0.2, 0) is 0 Å². The van der Waals surface area contributed by atoms with E-state index in [0.717, 1.165) is 22.2 Å². The first-order valence-electron chi connectivity index (χ1n) is 7.03. The van der Waals surface area contributed by atoms with Crippen LogP contribution in [0.2, 0.25) is 0 Å². The monoisotopic (exact) mass is 325 g/mol. The summed E-state index contributed by atoms with van der Waals surface area (Å²) in [6.07, 6.45) is 2.86. The third-order valence-electron chi connectivity index (χ3n) is 3.39. The van der Waals surface area contributed by atoms with Crippen LogP contribution >= 0.6 is 11.8 Å². The molecule has 0 aliphatic heterocycles. The van der Waals surface area contributed by atoms with Crippen LogP contribution < -0.4 is 5.56 Å². The maximum absolute atomic E-state index is 12.6. The van der Waals surface area contributed by atoms with Crippen molar-refractivity contribution >= 4 is 23.6 Å². The minimum Gasteiger partial charge on any atom is -0.411 e. The number of oxime groups is 1. The zero-order valence-electron chi connectivity index (χ0n) is 12.7. The van der Waals surface area contributed by atoms with Gasteiger partial charge < -0.3 is 5.21 Å². The zero-order chi connectivity index (χ0) is 16.4. The Hall–Kier alpha value is -2.60. The average Bonchev–Trinajstić information content (AvgIpc) is 2.54. The van der Waals surface area contributed by atoms with Crippen molar-refractivity contribution in [2.45, 2.75) is 23.8 Å². The van der Waals surface area contributed by atoms with Crippen molar-refractivity contribution in [1.29, 1.82) is 0 Å². The Morgan fingerprint density at radius 3 is 2.52 bits per heavy atom. The van der Waals surface area contributed by atoms with Crippen LogP contribution in [0.4, 0.5) is 0 Å². The van der Waals surface area contributed by atoms with E-state index in [4.69, 9.17) is 5.21 Å². The molecule has 0 aliphatic carbocycles. The minimum absolute atomic E-state index is 0.258. The van der Waals surface area contributed by atoms with Crippen LogP contribution in [0.5, 0.6) is 0 Å². The van der Waals surface area contributed by atoms with E-state index in [-0.39, 0.29) is 11.1 Å². The molecule has 0 radical (unpaired) electrons. The summed E-state index contributed by atoms with van der Waals surface area (Å²) in [5.74, 6) is 0. The smallest absolute Gasteiger partial charge is 0.267 e. The lowest BCUT2D eigenvalue weighted by molar-refractivity contribution is 0.321. The maximum atomic E-state index is 12.6. The fourth-order valence-electron chi connectivity index (χ4n) is 2.20. The second-order valence-electron chi connectivity index (χ2n) is 5.23. The molecule has 116 valence electrons. The Morgan fingerprint density at radius 2 is 1.83 bits per heavy atom. The number of aromatic nitrogens is 2. The SMILES string of the molecule is Cc1ccc(Sc2nc3ccc(C)cn3c(=O)c2/C=N/O)cc1. The van der Waals surface area contributed by atoms with Gasteiger partial charge in [0, 0.05) is 11.1 Å². The van der Waals surface area contributed by atoms with Crippen molar-refractivity contribution in [2.24, 2.45) is 5.16 Å². The lowest BCUT2D eigenvalue weighted by Gasteiger charge is -2.08. The fraction of sp³-hybridized carbons (Fsp3) is 0.118. The Labute approximate surface area is 137 Å². The van der Waals surface area contributed by atoms with E-state index in [1.165, 1.54) is 16.2 Å². The first-order chi connectivity index (χ1) is 11.1. The predicted molar refractivity (Wildman–Crippen MR) is 90.9 cm³/mol. The highest BCUT2D eigenvalue weighted by atomic mass is 32.2. The Morgan fingerprint density at radius 1 is 1.13 bits per heavy atom. The standard InChI is InChI=1S/C17H15N3O2S/c1-11-3-6-13(7-4-11)23-16-14(9-18-22)17(21)20-10-12(2)5-8-15(20)19-16/h3-10,22H,1-2H3/b18-9+. The Kier molecular flexibility index (Phi) is 4.16. The zero-order valence-corrected chi connectivity index (χ0v) is 13.5. The third-order valence-corrected chi connectivity index (χ3v) is 4.41. The largest absolute Gasteiger partial charge is 0.411 e. The molecule has 3 aromatic rings. The first-order valence-corrected chi connectivity index (χ1v) is 7.85. The van der Waals surface area contributed by atoms with E-state index >= 15 is 0 Å². The molecule has 0 saturated carbocycles. The summed E-state index contributed by atoms with van der Waals surface area (Å²) in [5.41, 5.74) is 2.68. The summed E-state index contributed by atoms with van der Waals surface area (Å²) < 4.78 is 1.46. The van der Waals surface area contributed by atoms with Gasteiger partial charge in [-0.25, -0.2) is 4.98 Å². The van der Waals surface area contributed by atoms with Gasteiger partial charge in [0.25, 0.3) is 5.56 Å². The first kappa shape index (κ1) is 15.3. The van der Waals surface area contributed by atoms with E-state index < -0.39 is 0 Å². The lowest BCUT2D eigenvalue weighted by atomic mass is 10.2. The summed E-state index contributed by atoms with van der Waals surface area (Å²) in [4.78, 5) is 18.1. The van der Waals surface area contributed by atoms with E-state index in [2.05, 4.69) is 10.1 Å². The molecule has 2 aromatic heterocycles. The molecule has 0 unspecified atom stereocenters. The maximum Gasteiger partial charge on any atom is 0.267 e. The number of hydrogen-bond donors (Lipinski definition) is 1. The van der Waals surface area contributed by atoms with Gasteiger partial charge in [-0.2, -0.15) is 0 Å². The van der Waals surface area contributed by atoms with Gasteiger partial charge in [-0.1, -0.05) is 40.7 Å². The number of aryl methyl sites for hydroxylation is 2. The van der Waals surface area contributed by atoms with Crippen LogP contribution in [-0.4, -0.2) is 20.8 Å². The summed E-state index contributed by atoms with van der Waals surface area (Å²) in [5, 5.41) is 12.4. The van der Waals surface area contributed by atoms with Crippen molar-refractivity contribution in [3.05, 3.63) is 69.6 Å². The summed E-state index contributed by atoms with van der Waals surface area (Å²) in [6.45, 7) is 3.92. The van der Waals surface area contributed by atoms with E-state index in [0.29, 0.717) is 10.7 Å². The van der Waals surface area contributed by atoms with Crippen molar-refractivity contribution in [3.63, 3.8) is 0 Å². The number of nitrogens with zero attached hydrogens (tertiary/aromatic N) is 3. The number of pyridine rings is 1. The number of benzene rings is 1. The fourth-order valence-corrected chi connectivity index (χ4v) is 3.09. The topological polar surface area (TPSA) is 67.0 Å². The quantitative estimate of drug-likeness (QED) is 0.347. The van der Waals surface area contributed by atoms with Crippen LogP contribution in [0.15, 0.2) is 62.5 Å². The van der Waals surface area contributed by atoms with Crippen molar-refractivity contribution in [2.75, 3.05) is 0 Å². The van der Waals surface area contributed by atoms with Gasteiger partial charge in [0.2, 0.25) is 0 Å². The molecule has 1 N–H and O–H groups in total. The lowest BCUT2D eigenvalue weighted by Crippen LogP contribution is -2.21. The van der Waals surface area contributed by atoms with Gasteiger partial charge in [-0.05, 0) is 37.6 Å². The third kappa shape index (κ3) is 3.12. The van der Waals surface area contributed by atoms with Crippen LogP contribution in [0.25, 0.3) is 5.65 Å². The molecule has 0 spiro atoms. The summed E-state index contributed by atoms with van der Waals surface area (Å²) in [7, 11) is 0. The molecule has 0 fully saturated rings. The molecule has 2 heterocycles. The van der Waals surface area contributed by atoms with Gasteiger partial charge in [-0.15, -0.1) is 0 Å². The van der Waals surface area contributed by atoms with Crippen LogP contribution in [0.1, 0.15) is 16.7 Å². The molecule has 0 aliphatic rings. The molecule has 6 heteroatoms. The highest BCUT2D eigenvalue weighted by Gasteiger charge is 2.13. The van der Waals surface area contributed by atoms with Gasteiger partial charge in [0.15, 0.2) is 0 Å². The Bertz CT molecular complexity index is 946.